The van der Waals surface area contributed by atoms with Crippen LogP contribution >= 0.6 is 0 Å². The van der Waals surface area contributed by atoms with Crippen molar-refractivity contribution in [2.45, 2.75) is 45.6 Å². The van der Waals surface area contributed by atoms with Gasteiger partial charge in [0, 0.05) is 39.3 Å². The van der Waals surface area contributed by atoms with Gasteiger partial charge in [-0.25, -0.2) is 0 Å². The van der Waals surface area contributed by atoms with Crippen LogP contribution in [-0.2, 0) is 31.1 Å². The molecule has 1 N–H and O–H groups in total. The van der Waals surface area contributed by atoms with Crippen molar-refractivity contribution >= 4 is 11.6 Å². The molecule has 6 nitrogen and oxygen atoms in total. The Labute approximate surface area is 149 Å². The van der Waals surface area contributed by atoms with E-state index in [0.29, 0.717) is 6.42 Å². The second-order valence-electron chi connectivity index (χ2n) is 7.24. The molecule has 134 valence electrons. The van der Waals surface area contributed by atoms with E-state index < -0.39 is 0 Å². The van der Waals surface area contributed by atoms with E-state index in [1.807, 2.05) is 25.8 Å². The third-order valence-corrected chi connectivity index (χ3v) is 5.09. The van der Waals surface area contributed by atoms with Crippen LogP contribution in [0.4, 0.5) is 5.69 Å². The zero-order chi connectivity index (χ0) is 18.1. The van der Waals surface area contributed by atoms with Crippen LogP contribution < -0.4 is 10.2 Å². The zero-order valence-electron chi connectivity index (χ0n) is 15.8. The summed E-state index contributed by atoms with van der Waals surface area (Å²) >= 11 is 0. The summed E-state index contributed by atoms with van der Waals surface area (Å²) in [4.78, 5) is 14.7. The van der Waals surface area contributed by atoms with Crippen LogP contribution in [0.1, 0.15) is 34.5 Å². The third kappa shape index (κ3) is 3.67. The second kappa shape index (κ2) is 6.86. The maximum Gasteiger partial charge on any atom is 0.224 e. The number of benzene rings is 1. The van der Waals surface area contributed by atoms with Gasteiger partial charge in [-0.1, -0.05) is 5.21 Å². The lowest BCUT2D eigenvalue weighted by molar-refractivity contribution is -0.121. The molecule has 2 aromatic rings. The molecule has 0 radical (unpaired) electrons. The molecular formula is C19H27N5O. The summed E-state index contributed by atoms with van der Waals surface area (Å²) in [5.41, 5.74) is 6.84. The lowest BCUT2D eigenvalue weighted by Gasteiger charge is -2.23. The molecule has 0 saturated heterocycles. The molecule has 0 aliphatic heterocycles. The number of amides is 1. The van der Waals surface area contributed by atoms with Gasteiger partial charge < -0.3 is 10.2 Å². The molecular weight excluding hydrogens is 314 g/mol. The second-order valence-corrected chi connectivity index (χ2v) is 7.24. The Bertz CT molecular complexity index is 770. The molecule has 1 aromatic carbocycles. The molecule has 1 aliphatic carbocycles. The quantitative estimate of drug-likeness (QED) is 0.920. The van der Waals surface area contributed by atoms with E-state index in [2.05, 4.69) is 46.5 Å². The Hall–Kier alpha value is -2.37. The molecule has 3 rings (SSSR count). The number of carbonyl (C=O) groups is 1. The van der Waals surface area contributed by atoms with Crippen molar-refractivity contribution in [3.05, 3.63) is 40.2 Å². The molecule has 1 aromatic heterocycles. The van der Waals surface area contributed by atoms with Crippen molar-refractivity contribution in [2.24, 2.45) is 7.05 Å². The van der Waals surface area contributed by atoms with Crippen molar-refractivity contribution in [3.63, 3.8) is 0 Å². The predicted octanol–water partition coefficient (Wildman–Crippen LogP) is 1.71. The van der Waals surface area contributed by atoms with E-state index in [0.717, 1.165) is 36.2 Å². The fraction of sp³-hybridized carbons (Fsp3) is 0.526. The van der Waals surface area contributed by atoms with Crippen molar-refractivity contribution in [1.82, 2.24) is 20.3 Å². The Morgan fingerprint density at radius 3 is 2.64 bits per heavy atom. The fourth-order valence-corrected chi connectivity index (χ4v) is 3.58. The number of nitrogens with zero attached hydrogens (tertiary/aromatic N) is 4. The Balaban J connectivity index is 1.67. The van der Waals surface area contributed by atoms with Crippen molar-refractivity contribution in [1.29, 1.82) is 0 Å². The highest BCUT2D eigenvalue weighted by Crippen LogP contribution is 2.23. The molecule has 25 heavy (non-hydrogen) atoms. The summed E-state index contributed by atoms with van der Waals surface area (Å²) in [6, 6.07) is 4.45. The molecule has 1 atom stereocenters. The van der Waals surface area contributed by atoms with Crippen molar-refractivity contribution < 1.29 is 4.79 Å². The number of hydrogen-bond acceptors (Lipinski definition) is 4. The number of rotatable bonds is 4. The van der Waals surface area contributed by atoms with E-state index >= 15 is 0 Å². The summed E-state index contributed by atoms with van der Waals surface area (Å²) in [5.74, 6) is 0.0902. The average molecular weight is 341 g/mol. The van der Waals surface area contributed by atoms with E-state index in [9.17, 15) is 4.79 Å². The number of aryl methyl sites for hydroxylation is 4. The number of hydrogen-bond donors (Lipinski definition) is 1. The number of nitrogens with one attached hydrogen (secondary N) is 1. The summed E-state index contributed by atoms with van der Waals surface area (Å²) in [7, 11) is 5.98. The normalized spacial score (nSPS) is 16.4. The smallest absolute Gasteiger partial charge is 0.224 e. The van der Waals surface area contributed by atoms with Crippen molar-refractivity contribution in [2.75, 3.05) is 19.0 Å². The van der Waals surface area contributed by atoms with Gasteiger partial charge in [0.25, 0.3) is 0 Å². The van der Waals surface area contributed by atoms with Gasteiger partial charge in [0.2, 0.25) is 5.91 Å². The van der Waals surface area contributed by atoms with Gasteiger partial charge in [-0.15, -0.1) is 5.10 Å². The third-order valence-electron chi connectivity index (χ3n) is 5.09. The first-order valence-corrected chi connectivity index (χ1v) is 8.79. The van der Waals surface area contributed by atoms with Gasteiger partial charge in [0.1, 0.15) is 0 Å². The maximum atomic E-state index is 12.6. The standard InChI is InChI=1S/C19H27N5O/c1-12-8-15(23(3)4)9-13(2)16(12)11-19(25)20-14-6-7-17-18(10-14)24(5)22-21-17/h8-9,14H,6-7,10-11H2,1-5H3,(H,20,25). The lowest BCUT2D eigenvalue weighted by atomic mass is 9.94. The van der Waals surface area contributed by atoms with Crippen LogP contribution in [0, 0.1) is 13.8 Å². The topological polar surface area (TPSA) is 63.1 Å². The monoisotopic (exact) mass is 341 g/mol. The first-order chi connectivity index (χ1) is 11.8. The molecule has 1 amide bonds. The highest BCUT2D eigenvalue weighted by molar-refractivity contribution is 5.80. The van der Waals surface area contributed by atoms with Gasteiger partial charge in [-0.05, 0) is 55.5 Å². The first-order valence-electron chi connectivity index (χ1n) is 8.79. The summed E-state index contributed by atoms with van der Waals surface area (Å²) in [6.07, 6.45) is 3.04. The van der Waals surface area contributed by atoms with E-state index in [1.54, 1.807) is 0 Å². The van der Waals surface area contributed by atoms with Gasteiger partial charge in [-0.2, -0.15) is 0 Å². The minimum absolute atomic E-state index is 0.0902. The first kappa shape index (κ1) is 17.5. The molecule has 0 fully saturated rings. The largest absolute Gasteiger partial charge is 0.378 e. The predicted molar refractivity (Wildman–Crippen MR) is 98.9 cm³/mol. The summed E-state index contributed by atoms with van der Waals surface area (Å²) in [6.45, 7) is 4.16. The van der Waals surface area contributed by atoms with Crippen LogP contribution in [0.2, 0.25) is 0 Å². The van der Waals surface area contributed by atoms with Crippen LogP contribution in [0.15, 0.2) is 12.1 Å². The number of anilines is 1. The fourth-order valence-electron chi connectivity index (χ4n) is 3.58. The van der Waals surface area contributed by atoms with Crippen LogP contribution in [-0.4, -0.2) is 41.0 Å². The zero-order valence-corrected chi connectivity index (χ0v) is 15.8. The Morgan fingerprint density at radius 1 is 1.32 bits per heavy atom. The molecule has 0 spiro atoms. The van der Waals surface area contributed by atoms with Crippen molar-refractivity contribution in [3.8, 4) is 0 Å². The number of fused-ring (bicyclic) bond motifs is 1. The molecule has 6 heteroatoms. The highest BCUT2D eigenvalue weighted by Gasteiger charge is 2.24. The molecule has 0 saturated carbocycles. The van der Waals surface area contributed by atoms with Crippen LogP contribution in [0.25, 0.3) is 0 Å². The van der Waals surface area contributed by atoms with Gasteiger partial charge in [0.05, 0.1) is 17.8 Å². The Morgan fingerprint density at radius 2 is 2.00 bits per heavy atom. The SMILES string of the molecule is Cc1cc(N(C)C)cc(C)c1CC(=O)NC1CCc2nnn(C)c2C1. The van der Waals surface area contributed by atoms with E-state index in [1.165, 1.54) is 16.8 Å². The minimum Gasteiger partial charge on any atom is -0.378 e. The molecule has 0 bridgehead atoms. The maximum absolute atomic E-state index is 12.6. The molecule has 1 unspecified atom stereocenters. The van der Waals surface area contributed by atoms with E-state index in [4.69, 9.17) is 0 Å². The number of carbonyl (C=O) groups excluding carboxylic acids is 1. The molecule has 1 heterocycles. The molecule has 1 aliphatic rings. The summed E-state index contributed by atoms with van der Waals surface area (Å²) < 4.78 is 1.82. The van der Waals surface area contributed by atoms with Gasteiger partial charge >= 0.3 is 0 Å². The Kier molecular flexibility index (Phi) is 4.79. The average Bonchev–Trinajstić information content (AvgIpc) is 2.91. The van der Waals surface area contributed by atoms with Gasteiger partial charge in [-0.3, -0.25) is 9.48 Å². The minimum atomic E-state index is 0.0902. The van der Waals surface area contributed by atoms with E-state index in [-0.39, 0.29) is 11.9 Å². The highest BCUT2D eigenvalue weighted by atomic mass is 16.1. The summed E-state index contributed by atoms with van der Waals surface area (Å²) in [5, 5.41) is 11.5. The number of aromatic nitrogens is 3. The van der Waals surface area contributed by atoms with Gasteiger partial charge in [0.15, 0.2) is 0 Å². The van der Waals surface area contributed by atoms with Crippen LogP contribution in [0.3, 0.4) is 0 Å². The lowest BCUT2D eigenvalue weighted by Crippen LogP contribution is -2.40. The van der Waals surface area contributed by atoms with Crippen LogP contribution in [0.5, 0.6) is 0 Å².